The summed E-state index contributed by atoms with van der Waals surface area (Å²) < 4.78 is 0. The average Bonchev–Trinajstić information content (AvgIpc) is 2.69. The number of unbranched alkanes of at least 4 members (excludes halogenated alkanes) is 1. The molecule has 1 heterocycles. The molecule has 0 saturated carbocycles. The summed E-state index contributed by atoms with van der Waals surface area (Å²) in [5, 5.41) is 26.9. The number of rotatable bonds is 10. The maximum atomic E-state index is 12.1. The van der Waals surface area contributed by atoms with Crippen LogP contribution in [0.3, 0.4) is 0 Å². The van der Waals surface area contributed by atoms with Gasteiger partial charge in [0.05, 0.1) is 22.2 Å². The van der Waals surface area contributed by atoms with E-state index in [-0.39, 0.29) is 11.3 Å². The number of benzene rings is 1. The molecule has 2 atom stereocenters. The Labute approximate surface area is 165 Å². The van der Waals surface area contributed by atoms with E-state index in [0.717, 1.165) is 0 Å². The lowest BCUT2D eigenvalue weighted by atomic mass is 9.79. The van der Waals surface area contributed by atoms with Gasteiger partial charge in [0.2, 0.25) is 6.41 Å². The van der Waals surface area contributed by atoms with Gasteiger partial charge in [-0.1, -0.05) is 17.2 Å². The second kappa shape index (κ2) is 10.00. The third-order valence-corrected chi connectivity index (χ3v) is 4.64. The molecular weight excluding hydrogens is 380 g/mol. The van der Waals surface area contributed by atoms with Crippen LogP contribution in [0.2, 0.25) is 0 Å². The second-order valence-electron chi connectivity index (χ2n) is 6.42. The van der Waals surface area contributed by atoms with Gasteiger partial charge < -0.3 is 10.4 Å². The number of carbonyl (C=O) groups is 2. The average molecular weight is 400 g/mol. The van der Waals surface area contributed by atoms with Crippen molar-refractivity contribution in [2.75, 3.05) is 6.54 Å². The minimum absolute atomic E-state index is 0.0348. The first kappa shape index (κ1) is 21.6. The molecule has 0 fully saturated rings. The normalized spacial score (nSPS) is 18.4. The molecule has 152 valence electrons. The molecular formula is C18H20N6O5. The molecule has 1 amide bonds. The second-order valence-corrected chi connectivity index (χ2v) is 6.42. The van der Waals surface area contributed by atoms with E-state index in [0.29, 0.717) is 49.2 Å². The van der Waals surface area contributed by atoms with Gasteiger partial charge in [0.1, 0.15) is 0 Å². The summed E-state index contributed by atoms with van der Waals surface area (Å²) >= 11 is 0. The summed E-state index contributed by atoms with van der Waals surface area (Å²) in [4.78, 5) is 40.7. The fourth-order valence-electron chi connectivity index (χ4n) is 3.35. The van der Waals surface area contributed by atoms with Gasteiger partial charge in [0.15, 0.2) is 0 Å². The third-order valence-electron chi connectivity index (χ3n) is 4.64. The fraction of sp³-hybridized carbons (Fsp3) is 0.389. The summed E-state index contributed by atoms with van der Waals surface area (Å²) in [7, 11) is 0. The molecule has 29 heavy (non-hydrogen) atoms. The molecule has 0 aromatic heterocycles. The van der Waals surface area contributed by atoms with E-state index < -0.39 is 22.9 Å². The minimum atomic E-state index is -1.17. The molecule has 1 aliphatic heterocycles. The number of amides is 1. The number of carboxylic acids is 1. The molecule has 0 aliphatic carbocycles. The zero-order valence-corrected chi connectivity index (χ0v) is 15.7. The van der Waals surface area contributed by atoms with E-state index in [1.165, 1.54) is 24.3 Å². The van der Waals surface area contributed by atoms with Crippen molar-refractivity contribution in [1.82, 2.24) is 5.32 Å². The van der Waals surface area contributed by atoms with Gasteiger partial charge in [-0.05, 0) is 37.3 Å². The van der Waals surface area contributed by atoms with Crippen molar-refractivity contribution >= 4 is 23.8 Å². The number of carboxylic acid groups (broad SMARTS) is 1. The van der Waals surface area contributed by atoms with Crippen LogP contribution in [0, 0.1) is 10.1 Å². The fourth-order valence-corrected chi connectivity index (χ4v) is 3.35. The van der Waals surface area contributed by atoms with E-state index in [1.807, 2.05) is 0 Å². The zero-order chi connectivity index (χ0) is 21.4. The number of hydrogen-bond acceptors (Lipinski definition) is 6. The van der Waals surface area contributed by atoms with Crippen LogP contribution in [0.5, 0.6) is 0 Å². The van der Waals surface area contributed by atoms with Gasteiger partial charge in [-0.25, -0.2) is 4.79 Å². The molecule has 1 aromatic carbocycles. The molecule has 0 radical (unpaired) electrons. The molecule has 2 rings (SSSR count). The number of nitro benzene ring substituents is 1. The molecule has 1 aromatic rings. The first-order valence-electron chi connectivity index (χ1n) is 8.87. The lowest BCUT2D eigenvalue weighted by molar-refractivity contribution is -0.384. The molecule has 0 saturated heterocycles. The highest BCUT2D eigenvalue weighted by Crippen LogP contribution is 2.37. The summed E-state index contributed by atoms with van der Waals surface area (Å²) in [5.74, 6) is -1.92. The van der Waals surface area contributed by atoms with Crippen LogP contribution in [0.15, 0.2) is 45.6 Å². The highest BCUT2D eigenvalue weighted by Gasteiger charge is 2.37. The van der Waals surface area contributed by atoms with Crippen molar-refractivity contribution in [3.63, 3.8) is 0 Å². The molecule has 2 unspecified atom stereocenters. The SMILES string of the molecule is CC1=NC(CCCCN=[N+]=[N-])=C(C(=O)O)C(c2ccc([N+](=O)[O-])cc2)C1NC=O. The summed E-state index contributed by atoms with van der Waals surface area (Å²) in [5.41, 5.74) is 9.69. The third kappa shape index (κ3) is 5.17. The molecule has 0 spiro atoms. The Morgan fingerprint density at radius 3 is 2.66 bits per heavy atom. The molecule has 2 N–H and O–H groups in total. The standard InChI is InChI=1S/C18H20N6O5/c1-11-17(20-10-25)15(12-5-7-13(8-6-12)24(28)29)16(18(26)27)14(22-11)4-2-3-9-21-23-19/h5-8,10,15,17H,2-4,9H2,1H3,(H,20,25)(H,26,27). The van der Waals surface area contributed by atoms with Gasteiger partial charge in [-0.3, -0.25) is 19.9 Å². The lowest BCUT2D eigenvalue weighted by Crippen LogP contribution is -2.44. The number of aliphatic carboxylic acids is 1. The molecule has 0 bridgehead atoms. The van der Waals surface area contributed by atoms with Gasteiger partial charge in [-0.2, -0.15) is 0 Å². The van der Waals surface area contributed by atoms with E-state index >= 15 is 0 Å². The maximum Gasteiger partial charge on any atom is 0.334 e. The predicted octanol–water partition coefficient (Wildman–Crippen LogP) is 3.09. The van der Waals surface area contributed by atoms with Gasteiger partial charge in [0, 0.05) is 35.2 Å². The maximum absolute atomic E-state index is 12.1. The molecule has 11 heteroatoms. The Hall–Kier alpha value is -3.72. The van der Waals surface area contributed by atoms with Crippen molar-refractivity contribution in [2.24, 2.45) is 10.1 Å². The summed E-state index contributed by atoms with van der Waals surface area (Å²) in [6, 6.07) is 4.89. The van der Waals surface area contributed by atoms with Gasteiger partial charge in [-0.15, -0.1) is 0 Å². The Kier molecular flexibility index (Phi) is 7.44. The number of non-ortho nitro benzene ring substituents is 1. The number of nitrogens with one attached hydrogen (secondary N) is 1. The van der Waals surface area contributed by atoms with E-state index in [1.54, 1.807) is 6.92 Å². The zero-order valence-electron chi connectivity index (χ0n) is 15.7. The lowest BCUT2D eigenvalue weighted by Gasteiger charge is -2.32. The number of carbonyl (C=O) groups excluding carboxylic acids is 1. The van der Waals surface area contributed by atoms with Gasteiger partial charge >= 0.3 is 5.97 Å². The summed E-state index contributed by atoms with van der Waals surface area (Å²) in [6.45, 7) is 1.99. The van der Waals surface area contributed by atoms with Crippen molar-refractivity contribution in [3.05, 3.63) is 61.7 Å². The number of allylic oxidation sites excluding steroid dienone is 1. The topological polar surface area (TPSA) is 171 Å². The van der Waals surface area contributed by atoms with Crippen LogP contribution < -0.4 is 5.32 Å². The van der Waals surface area contributed by atoms with Crippen molar-refractivity contribution in [2.45, 2.75) is 38.1 Å². The van der Waals surface area contributed by atoms with Crippen LogP contribution in [-0.2, 0) is 9.59 Å². The molecule has 11 nitrogen and oxygen atoms in total. The summed E-state index contributed by atoms with van der Waals surface area (Å²) in [6.07, 6.45) is 1.98. The first-order chi connectivity index (χ1) is 13.9. The van der Waals surface area contributed by atoms with Crippen LogP contribution in [0.1, 0.15) is 37.7 Å². The first-order valence-corrected chi connectivity index (χ1v) is 8.87. The number of hydrogen-bond donors (Lipinski definition) is 2. The monoisotopic (exact) mass is 400 g/mol. The van der Waals surface area contributed by atoms with Crippen LogP contribution in [0.4, 0.5) is 5.69 Å². The Bertz CT molecular complexity index is 902. The van der Waals surface area contributed by atoms with E-state index in [2.05, 4.69) is 20.3 Å². The van der Waals surface area contributed by atoms with Gasteiger partial charge in [0.25, 0.3) is 5.69 Å². The number of nitrogens with zero attached hydrogens (tertiary/aromatic N) is 5. The van der Waals surface area contributed by atoms with Crippen molar-refractivity contribution in [1.29, 1.82) is 0 Å². The highest BCUT2D eigenvalue weighted by atomic mass is 16.6. The van der Waals surface area contributed by atoms with E-state index in [4.69, 9.17) is 5.53 Å². The minimum Gasteiger partial charge on any atom is -0.478 e. The Balaban J connectivity index is 2.46. The van der Waals surface area contributed by atoms with Crippen molar-refractivity contribution < 1.29 is 19.6 Å². The quantitative estimate of drug-likeness (QED) is 0.117. The number of nitro groups is 1. The van der Waals surface area contributed by atoms with Crippen molar-refractivity contribution in [3.8, 4) is 0 Å². The van der Waals surface area contributed by atoms with Crippen LogP contribution in [0.25, 0.3) is 10.4 Å². The number of azide groups is 1. The Morgan fingerprint density at radius 1 is 1.41 bits per heavy atom. The smallest absolute Gasteiger partial charge is 0.334 e. The molecule has 1 aliphatic rings. The largest absolute Gasteiger partial charge is 0.478 e. The Morgan fingerprint density at radius 2 is 2.10 bits per heavy atom. The van der Waals surface area contributed by atoms with E-state index in [9.17, 15) is 24.8 Å². The highest BCUT2D eigenvalue weighted by molar-refractivity contribution is 5.99. The van der Waals surface area contributed by atoms with Crippen LogP contribution >= 0.6 is 0 Å². The number of aliphatic imine (C=N–C) groups is 1. The predicted molar refractivity (Wildman–Crippen MR) is 104 cm³/mol. The van der Waals surface area contributed by atoms with Crippen LogP contribution in [-0.4, -0.2) is 40.7 Å².